The zero-order chi connectivity index (χ0) is 18.5. The monoisotopic (exact) mass is 349 g/mol. The number of carbonyl (C=O) groups excluding carboxylic acids is 1. The van der Waals surface area contributed by atoms with E-state index in [0.29, 0.717) is 5.56 Å². The lowest BCUT2D eigenvalue weighted by molar-refractivity contribution is 0.0940. The molecule has 134 valence electrons. The van der Waals surface area contributed by atoms with Crippen LogP contribution in [0, 0.1) is 0 Å². The number of amides is 1. The summed E-state index contributed by atoms with van der Waals surface area (Å²) in [6, 6.07) is 15.2. The summed E-state index contributed by atoms with van der Waals surface area (Å²) in [6.07, 6.45) is 5.51. The second-order valence-corrected chi connectivity index (χ2v) is 6.45. The van der Waals surface area contributed by atoms with Crippen LogP contribution in [0.2, 0.25) is 0 Å². The van der Waals surface area contributed by atoms with Crippen molar-refractivity contribution in [1.82, 2.24) is 14.9 Å². The summed E-state index contributed by atoms with van der Waals surface area (Å²) in [5.74, 6) is 0.659. The molecule has 0 fully saturated rings. The van der Waals surface area contributed by atoms with Crippen LogP contribution >= 0.6 is 0 Å². The topological polar surface area (TPSA) is 56.1 Å². The minimum atomic E-state index is -0.104. The quantitative estimate of drug-likeness (QED) is 0.727. The minimum Gasteiger partial charge on any atom is -0.491 e. The van der Waals surface area contributed by atoms with Gasteiger partial charge in [0.15, 0.2) is 0 Å². The van der Waals surface area contributed by atoms with Gasteiger partial charge < -0.3 is 14.6 Å². The Morgan fingerprint density at radius 1 is 1.04 bits per heavy atom. The summed E-state index contributed by atoms with van der Waals surface area (Å²) in [5, 5.41) is 3.03. The Balaban J connectivity index is 1.63. The molecule has 0 aliphatic carbocycles. The molecule has 3 aromatic rings. The van der Waals surface area contributed by atoms with Gasteiger partial charge in [-0.15, -0.1) is 0 Å². The highest BCUT2D eigenvalue weighted by Crippen LogP contribution is 2.18. The number of benzene rings is 2. The minimum absolute atomic E-state index is 0.0917. The fourth-order valence-electron chi connectivity index (χ4n) is 2.67. The van der Waals surface area contributed by atoms with Crippen molar-refractivity contribution in [2.45, 2.75) is 32.9 Å². The average molecular weight is 349 g/mol. The van der Waals surface area contributed by atoms with Gasteiger partial charge in [0.2, 0.25) is 0 Å². The summed E-state index contributed by atoms with van der Waals surface area (Å²) in [5.41, 5.74) is 2.69. The molecule has 2 aromatic carbocycles. The van der Waals surface area contributed by atoms with Crippen LogP contribution in [0.25, 0.3) is 5.69 Å². The van der Waals surface area contributed by atoms with E-state index in [1.807, 2.05) is 67.9 Å². The zero-order valence-electron chi connectivity index (χ0n) is 15.2. The predicted octanol–water partition coefficient (Wildman–Crippen LogP) is 4.15. The van der Waals surface area contributed by atoms with Gasteiger partial charge in [0.25, 0.3) is 5.91 Å². The number of imidazole rings is 1. The van der Waals surface area contributed by atoms with Gasteiger partial charge in [-0.05, 0) is 62.7 Å². The summed E-state index contributed by atoms with van der Waals surface area (Å²) < 4.78 is 7.54. The highest BCUT2D eigenvalue weighted by molar-refractivity contribution is 5.94. The molecule has 1 heterocycles. The van der Waals surface area contributed by atoms with Crippen LogP contribution in [0.5, 0.6) is 5.75 Å². The molecule has 0 saturated carbocycles. The zero-order valence-corrected chi connectivity index (χ0v) is 15.2. The second-order valence-electron chi connectivity index (χ2n) is 6.45. The van der Waals surface area contributed by atoms with E-state index in [-0.39, 0.29) is 18.1 Å². The van der Waals surface area contributed by atoms with E-state index in [4.69, 9.17) is 4.74 Å². The van der Waals surface area contributed by atoms with Crippen LogP contribution in [0.1, 0.15) is 42.7 Å². The largest absolute Gasteiger partial charge is 0.491 e. The van der Waals surface area contributed by atoms with Gasteiger partial charge >= 0.3 is 0 Å². The van der Waals surface area contributed by atoms with E-state index in [1.165, 1.54) is 0 Å². The summed E-state index contributed by atoms with van der Waals surface area (Å²) in [6.45, 7) is 5.92. The van der Waals surface area contributed by atoms with Crippen molar-refractivity contribution in [2.24, 2.45) is 0 Å². The number of rotatable bonds is 6. The number of hydrogen-bond acceptors (Lipinski definition) is 3. The molecule has 1 atom stereocenters. The molecule has 0 saturated heterocycles. The first-order valence-corrected chi connectivity index (χ1v) is 8.69. The first-order valence-electron chi connectivity index (χ1n) is 8.69. The van der Waals surface area contributed by atoms with Crippen LogP contribution in [0.4, 0.5) is 0 Å². The van der Waals surface area contributed by atoms with Crippen molar-refractivity contribution < 1.29 is 9.53 Å². The molecule has 5 nitrogen and oxygen atoms in total. The van der Waals surface area contributed by atoms with E-state index in [0.717, 1.165) is 17.0 Å². The van der Waals surface area contributed by atoms with Crippen LogP contribution in [0.3, 0.4) is 0 Å². The molecule has 3 rings (SSSR count). The van der Waals surface area contributed by atoms with Gasteiger partial charge in [0.05, 0.1) is 18.5 Å². The van der Waals surface area contributed by atoms with Gasteiger partial charge in [0.1, 0.15) is 5.75 Å². The van der Waals surface area contributed by atoms with Crippen molar-refractivity contribution in [2.75, 3.05) is 0 Å². The third kappa shape index (κ3) is 4.30. The molecular weight excluding hydrogens is 326 g/mol. The highest BCUT2D eigenvalue weighted by atomic mass is 16.5. The van der Waals surface area contributed by atoms with E-state index in [1.54, 1.807) is 24.7 Å². The Morgan fingerprint density at radius 2 is 1.73 bits per heavy atom. The van der Waals surface area contributed by atoms with Gasteiger partial charge in [0, 0.05) is 23.6 Å². The van der Waals surface area contributed by atoms with Crippen molar-refractivity contribution >= 4 is 5.91 Å². The summed E-state index contributed by atoms with van der Waals surface area (Å²) in [4.78, 5) is 16.5. The molecule has 1 aromatic heterocycles. The molecular formula is C21H23N3O2. The molecule has 0 unspecified atom stereocenters. The van der Waals surface area contributed by atoms with Gasteiger partial charge in [-0.3, -0.25) is 4.79 Å². The fraction of sp³-hybridized carbons (Fsp3) is 0.238. The van der Waals surface area contributed by atoms with Gasteiger partial charge in [-0.25, -0.2) is 4.98 Å². The Bertz CT molecular complexity index is 838. The van der Waals surface area contributed by atoms with E-state index < -0.39 is 0 Å². The lowest BCUT2D eigenvalue weighted by atomic mass is 10.1. The number of nitrogens with zero attached hydrogens (tertiary/aromatic N) is 2. The van der Waals surface area contributed by atoms with Crippen LogP contribution in [-0.2, 0) is 0 Å². The standard InChI is InChI=1S/C21H23N3O2/c1-15(2)26-20-10-6-18(7-11-20)21(25)23-16(3)17-4-8-19(9-5-17)24-13-12-22-14-24/h4-16H,1-3H3,(H,23,25)/t16-/m1/s1. The third-order valence-electron chi connectivity index (χ3n) is 4.03. The molecule has 1 N–H and O–H groups in total. The lowest BCUT2D eigenvalue weighted by Gasteiger charge is -2.15. The van der Waals surface area contributed by atoms with E-state index >= 15 is 0 Å². The van der Waals surface area contributed by atoms with Gasteiger partial charge in [-0.2, -0.15) is 0 Å². The Hall–Kier alpha value is -3.08. The Labute approximate surface area is 153 Å². The number of ether oxygens (including phenoxy) is 1. The lowest BCUT2D eigenvalue weighted by Crippen LogP contribution is -2.26. The fourth-order valence-corrected chi connectivity index (χ4v) is 2.67. The van der Waals surface area contributed by atoms with Crippen molar-refractivity contribution in [3.05, 3.63) is 78.4 Å². The van der Waals surface area contributed by atoms with Crippen molar-refractivity contribution in [3.8, 4) is 11.4 Å². The normalized spacial score (nSPS) is 12.0. The maximum Gasteiger partial charge on any atom is 0.251 e. The highest BCUT2D eigenvalue weighted by Gasteiger charge is 2.12. The summed E-state index contributed by atoms with van der Waals surface area (Å²) in [7, 11) is 0. The van der Waals surface area contributed by atoms with Crippen LogP contribution < -0.4 is 10.1 Å². The average Bonchev–Trinajstić information content (AvgIpc) is 3.16. The first kappa shape index (κ1) is 17.7. The molecule has 0 spiro atoms. The third-order valence-corrected chi connectivity index (χ3v) is 4.03. The molecule has 1 amide bonds. The summed E-state index contributed by atoms with van der Waals surface area (Å²) >= 11 is 0. The second kappa shape index (κ2) is 7.87. The maximum absolute atomic E-state index is 12.5. The molecule has 0 radical (unpaired) electrons. The van der Waals surface area contributed by atoms with E-state index in [2.05, 4.69) is 10.3 Å². The number of hydrogen-bond donors (Lipinski definition) is 1. The molecule has 26 heavy (non-hydrogen) atoms. The maximum atomic E-state index is 12.5. The molecule has 0 bridgehead atoms. The number of nitrogens with one attached hydrogen (secondary N) is 1. The first-order chi connectivity index (χ1) is 12.5. The molecule has 5 heteroatoms. The predicted molar refractivity (Wildman–Crippen MR) is 102 cm³/mol. The number of aromatic nitrogens is 2. The Morgan fingerprint density at radius 3 is 2.31 bits per heavy atom. The van der Waals surface area contributed by atoms with Crippen molar-refractivity contribution in [1.29, 1.82) is 0 Å². The van der Waals surface area contributed by atoms with Crippen LogP contribution in [0.15, 0.2) is 67.3 Å². The molecule has 0 aliphatic rings. The SMILES string of the molecule is CC(C)Oc1ccc(C(=O)N[C@H](C)c2ccc(-n3ccnc3)cc2)cc1. The van der Waals surface area contributed by atoms with Crippen LogP contribution in [-0.4, -0.2) is 21.6 Å². The van der Waals surface area contributed by atoms with E-state index in [9.17, 15) is 4.79 Å². The smallest absolute Gasteiger partial charge is 0.251 e. The van der Waals surface area contributed by atoms with Crippen molar-refractivity contribution in [3.63, 3.8) is 0 Å². The molecule has 0 aliphatic heterocycles. The van der Waals surface area contributed by atoms with Gasteiger partial charge in [-0.1, -0.05) is 12.1 Å². The Kier molecular flexibility index (Phi) is 5.37. The number of carbonyl (C=O) groups is 1.